The van der Waals surface area contributed by atoms with Gasteiger partial charge < -0.3 is 10.6 Å². The maximum atomic E-state index is 4.35. The van der Waals surface area contributed by atoms with E-state index in [2.05, 4.69) is 77.3 Å². The van der Waals surface area contributed by atoms with Gasteiger partial charge in [0.15, 0.2) is 5.96 Å². The van der Waals surface area contributed by atoms with E-state index in [1.165, 1.54) is 29.7 Å². The fourth-order valence-corrected chi connectivity index (χ4v) is 4.37. The third-order valence-corrected chi connectivity index (χ3v) is 6.48. The molecule has 2 N–H and O–H groups in total. The number of hydrogen-bond donors (Lipinski definition) is 2. The first kappa shape index (κ1) is 20.1. The summed E-state index contributed by atoms with van der Waals surface area (Å²) in [5, 5.41) is 6.91. The normalized spacial score (nSPS) is 20.9. The number of thioether (sulfide) groups is 1. The van der Waals surface area contributed by atoms with Crippen LogP contribution in [0.4, 0.5) is 0 Å². The molecule has 1 unspecified atom stereocenters. The van der Waals surface area contributed by atoms with E-state index in [0.29, 0.717) is 4.75 Å². The van der Waals surface area contributed by atoms with Crippen molar-refractivity contribution in [3.8, 4) is 0 Å². The van der Waals surface area contributed by atoms with Gasteiger partial charge >= 0.3 is 0 Å². The Morgan fingerprint density at radius 3 is 2.40 bits per heavy atom. The van der Waals surface area contributed by atoms with Crippen LogP contribution in [0.1, 0.15) is 44.7 Å². The minimum absolute atomic E-state index is 0.351. The molecule has 1 heterocycles. The number of benzene rings is 1. The molecule has 1 aromatic rings. The highest BCUT2D eigenvalue weighted by atomic mass is 32.2. The van der Waals surface area contributed by atoms with Crippen LogP contribution in [0.15, 0.2) is 29.3 Å². The fraction of sp³-hybridized carbons (Fsp3) is 0.650. The van der Waals surface area contributed by atoms with Crippen LogP contribution in [0.3, 0.4) is 0 Å². The van der Waals surface area contributed by atoms with Gasteiger partial charge in [-0.25, -0.2) is 0 Å². The average molecular weight is 363 g/mol. The van der Waals surface area contributed by atoms with Gasteiger partial charge in [-0.3, -0.25) is 9.89 Å². The lowest BCUT2D eigenvalue weighted by atomic mass is 10.1. The van der Waals surface area contributed by atoms with E-state index in [4.69, 9.17) is 0 Å². The summed E-state index contributed by atoms with van der Waals surface area (Å²) in [6.45, 7) is 11.8. The Morgan fingerprint density at radius 1 is 1.16 bits per heavy atom. The molecule has 1 aromatic carbocycles. The summed E-state index contributed by atoms with van der Waals surface area (Å²) in [5.74, 6) is 2.17. The van der Waals surface area contributed by atoms with E-state index in [1.807, 2.05) is 7.05 Å². The lowest BCUT2D eigenvalue weighted by molar-refractivity contribution is 0.296. The van der Waals surface area contributed by atoms with Crippen LogP contribution in [-0.2, 0) is 13.1 Å². The fourth-order valence-electron chi connectivity index (χ4n) is 3.12. The van der Waals surface area contributed by atoms with E-state index < -0.39 is 0 Å². The largest absolute Gasteiger partial charge is 0.355 e. The molecule has 0 saturated carbocycles. The molecule has 0 radical (unpaired) electrons. The Hall–Kier alpha value is -1.20. The van der Waals surface area contributed by atoms with Crippen molar-refractivity contribution in [1.82, 2.24) is 15.5 Å². The Kier molecular flexibility index (Phi) is 8.10. The van der Waals surface area contributed by atoms with Crippen molar-refractivity contribution in [2.45, 2.75) is 51.4 Å². The number of nitrogens with zero attached hydrogens (tertiary/aromatic N) is 2. The third kappa shape index (κ3) is 6.55. The molecule has 140 valence electrons. The maximum absolute atomic E-state index is 4.35. The Labute approximate surface area is 157 Å². The van der Waals surface area contributed by atoms with Crippen LogP contribution < -0.4 is 10.6 Å². The maximum Gasteiger partial charge on any atom is 0.191 e. The first-order valence-electron chi connectivity index (χ1n) is 9.47. The van der Waals surface area contributed by atoms with Crippen LogP contribution in [-0.4, -0.2) is 48.0 Å². The first-order chi connectivity index (χ1) is 12.1. The van der Waals surface area contributed by atoms with Crippen LogP contribution in [0.2, 0.25) is 0 Å². The molecule has 1 fully saturated rings. The molecule has 2 rings (SSSR count). The van der Waals surface area contributed by atoms with Gasteiger partial charge in [-0.1, -0.05) is 38.1 Å². The first-order valence-corrected chi connectivity index (χ1v) is 10.5. The van der Waals surface area contributed by atoms with Crippen molar-refractivity contribution in [3.05, 3.63) is 35.4 Å². The Bertz CT molecular complexity index is 531. The molecule has 0 spiro atoms. The van der Waals surface area contributed by atoms with Crippen molar-refractivity contribution in [2.24, 2.45) is 4.99 Å². The molecule has 1 aliphatic rings. The highest BCUT2D eigenvalue weighted by molar-refractivity contribution is 8.00. The molecule has 0 aromatic heterocycles. The van der Waals surface area contributed by atoms with E-state index in [-0.39, 0.29) is 0 Å². The zero-order valence-electron chi connectivity index (χ0n) is 16.3. The van der Waals surface area contributed by atoms with Crippen LogP contribution in [0.25, 0.3) is 0 Å². The lowest BCUT2D eigenvalue weighted by Crippen LogP contribution is -2.43. The second kappa shape index (κ2) is 10.1. The van der Waals surface area contributed by atoms with E-state index in [0.717, 1.165) is 38.7 Å². The standard InChI is InChI=1S/C20H34N4S/c1-5-24(6-2)15-18-10-8-17(9-11-18)14-22-19(21-4)23-16-20(3)12-7-13-25-20/h8-11H,5-7,12-16H2,1-4H3,(H2,21,22,23). The molecule has 0 bridgehead atoms. The quantitative estimate of drug-likeness (QED) is 0.549. The highest BCUT2D eigenvalue weighted by Crippen LogP contribution is 2.36. The molecular formula is C20H34N4S. The van der Waals surface area contributed by atoms with Crippen molar-refractivity contribution in [3.63, 3.8) is 0 Å². The lowest BCUT2D eigenvalue weighted by Gasteiger charge is -2.24. The summed E-state index contributed by atoms with van der Waals surface area (Å²) in [6, 6.07) is 8.91. The van der Waals surface area contributed by atoms with Crippen molar-refractivity contribution >= 4 is 17.7 Å². The van der Waals surface area contributed by atoms with E-state index in [9.17, 15) is 0 Å². The molecule has 1 saturated heterocycles. The smallest absolute Gasteiger partial charge is 0.191 e. The van der Waals surface area contributed by atoms with Gasteiger partial charge in [0.1, 0.15) is 0 Å². The van der Waals surface area contributed by atoms with E-state index in [1.54, 1.807) is 0 Å². The van der Waals surface area contributed by atoms with Gasteiger partial charge in [0, 0.05) is 31.4 Å². The molecule has 0 aliphatic carbocycles. The second-order valence-corrected chi connectivity index (χ2v) is 8.64. The number of nitrogens with one attached hydrogen (secondary N) is 2. The minimum atomic E-state index is 0.351. The number of rotatable bonds is 8. The molecule has 4 nitrogen and oxygen atoms in total. The monoisotopic (exact) mass is 362 g/mol. The summed E-state index contributed by atoms with van der Waals surface area (Å²) in [4.78, 5) is 6.78. The summed E-state index contributed by atoms with van der Waals surface area (Å²) in [7, 11) is 1.84. The van der Waals surface area contributed by atoms with Gasteiger partial charge in [-0.15, -0.1) is 0 Å². The Balaban J connectivity index is 1.78. The highest BCUT2D eigenvalue weighted by Gasteiger charge is 2.29. The SMILES string of the molecule is CCN(CC)Cc1ccc(CNC(=NC)NCC2(C)CCCS2)cc1. The average Bonchev–Trinajstić information content (AvgIpc) is 3.07. The minimum Gasteiger partial charge on any atom is -0.355 e. The van der Waals surface area contributed by atoms with Crippen LogP contribution >= 0.6 is 11.8 Å². The van der Waals surface area contributed by atoms with Gasteiger partial charge in [0.05, 0.1) is 0 Å². The van der Waals surface area contributed by atoms with Gasteiger partial charge in [-0.05, 0) is 49.7 Å². The van der Waals surface area contributed by atoms with Crippen molar-refractivity contribution in [1.29, 1.82) is 0 Å². The summed E-state index contributed by atoms with van der Waals surface area (Å²) < 4.78 is 0.351. The molecule has 0 amide bonds. The third-order valence-electron chi connectivity index (χ3n) is 4.94. The van der Waals surface area contributed by atoms with Crippen molar-refractivity contribution in [2.75, 3.05) is 32.4 Å². The van der Waals surface area contributed by atoms with Gasteiger partial charge in [-0.2, -0.15) is 11.8 Å². The predicted octanol–water partition coefficient (Wildman–Crippen LogP) is 3.48. The second-order valence-electron chi connectivity index (χ2n) is 6.96. The number of hydrogen-bond acceptors (Lipinski definition) is 3. The van der Waals surface area contributed by atoms with Crippen molar-refractivity contribution < 1.29 is 0 Å². The van der Waals surface area contributed by atoms with E-state index >= 15 is 0 Å². The molecule has 1 atom stereocenters. The molecule has 25 heavy (non-hydrogen) atoms. The summed E-state index contributed by atoms with van der Waals surface area (Å²) in [6.07, 6.45) is 2.62. The molecule has 5 heteroatoms. The number of aliphatic imine (C=N–C) groups is 1. The summed E-state index contributed by atoms with van der Waals surface area (Å²) in [5.41, 5.74) is 2.66. The van der Waals surface area contributed by atoms with Crippen LogP contribution in [0.5, 0.6) is 0 Å². The van der Waals surface area contributed by atoms with Crippen LogP contribution in [0, 0.1) is 0 Å². The number of guanidine groups is 1. The predicted molar refractivity (Wildman–Crippen MR) is 111 cm³/mol. The Morgan fingerprint density at radius 2 is 1.84 bits per heavy atom. The zero-order chi connectivity index (χ0) is 18.1. The summed E-state index contributed by atoms with van der Waals surface area (Å²) >= 11 is 2.07. The molecular weight excluding hydrogens is 328 g/mol. The zero-order valence-corrected chi connectivity index (χ0v) is 17.1. The topological polar surface area (TPSA) is 39.7 Å². The van der Waals surface area contributed by atoms with Gasteiger partial charge in [0.2, 0.25) is 0 Å². The van der Waals surface area contributed by atoms with Gasteiger partial charge in [0.25, 0.3) is 0 Å². The molecule has 1 aliphatic heterocycles.